The van der Waals surface area contributed by atoms with Crippen LogP contribution in [0.1, 0.15) is 24.4 Å². The standard InChI is InChI=1S/C20H24N6O/c1-14-11-21-20(24-19(14)17-5-3-4-6-18(17)27)23-15-12-22-26(13-15)16-7-9-25(2)10-8-16/h3-6,11-13,16,27H,7-10H2,1-2H3,(H,21,23,24). The van der Waals surface area contributed by atoms with Gasteiger partial charge >= 0.3 is 0 Å². The number of hydrogen-bond donors (Lipinski definition) is 2. The first-order chi connectivity index (χ1) is 13.1. The summed E-state index contributed by atoms with van der Waals surface area (Å²) in [5.41, 5.74) is 3.18. The van der Waals surface area contributed by atoms with Gasteiger partial charge in [0.15, 0.2) is 0 Å². The molecule has 0 spiro atoms. The van der Waals surface area contributed by atoms with Gasteiger partial charge in [-0.1, -0.05) is 12.1 Å². The lowest BCUT2D eigenvalue weighted by atomic mass is 10.1. The minimum absolute atomic E-state index is 0.209. The van der Waals surface area contributed by atoms with Crippen LogP contribution in [0.3, 0.4) is 0 Å². The minimum atomic E-state index is 0.209. The fraction of sp³-hybridized carbons (Fsp3) is 0.350. The van der Waals surface area contributed by atoms with E-state index in [4.69, 9.17) is 0 Å². The Kier molecular flexibility index (Phi) is 4.77. The number of anilines is 2. The van der Waals surface area contributed by atoms with Crippen LogP contribution in [-0.2, 0) is 0 Å². The molecule has 0 saturated carbocycles. The number of rotatable bonds is 4. The number of aromatic hydroxyl groups is 1. The Morgan fingerprint density at radius 3 is 2.70 bits per heavy atom. The maximum atomic E-state index is 10.1. The van der Waals surface area contributed by atoms with E-state index in [0.29, 0.717) is 23.2 Å². The van der Waals surface area contributed by atoms with Crippen molar-refractivity contribution in [3.63, 3.8) is 0 Å². The van der Waals surface area contributed by atoms with Crippen LogP contribution in [0.15, 0.2) is 42.9 Å². The summed E-state index contributed by atoms with van der Waals surface area (Å²) in [6.45, 7) is 4.13. The van der Waals surface area contributed by atoms with Crippen LogP contribution in [0.2, 0.25) is 0 Å². The highest BCUT2D eigenvalue weighted by Crippen LogP contribution is 2.30. The molecule has 0 amide bonds. The van der Waals surface area contributed by atoms with E-state index in [1.165, 1.54) is 0 Å². The van der Waals surface area contributed by atoms with Crippen LogP contribution in [0.4, 0.5) is 11.6 Å². The number of piperidine rings is 1. The smallest absolute Gasteiger partial charge is 0.227 e. The minimum Gasteiger partial charge on any atom is -0.507 e. The van der Waals surface area contributed by atoms with E-state index in [1.807, 2.05) is 29.9 Å². The Bertz CT molecular complexity index is 930. The highest BCUT2D eigenvalue weighted by molar-refractivity contribution is 5.70. The van der Waals surface area contributed by atoms with E-state index in [9.17, 15) is 5.11 Å². The number of hydrogen-bond acceptors (Lipinski definition) is 6. The lowest BCUT2D eigenvalue weighted by Crippen LogP contribution is -2.31. The topological polar surface area (TPSA) is 79.1 Å². The van der Waals surface area contributed by atoms with E-state index < -0.39 is 0 Å². The number of nitrogens with one attached hydrogen (secondary N) is 1. The lowest BCUT2D eigenvalue weighted by molar-refractivity contribution is 0.212. The maximum Gasteiger partial charge on any atom is 0.227 e. The zero-order valence-electron chi connectivity index (χ0n) is 15.6. The normalized spacial score (nSPS) is 15.8. The molecule has 0 radical (unpaired) electrons. The van der Waals surface area contributed by atoms with Crippen molar-refractivity contribution in [3.8, 4) is 17.0 Å². The summed E-state index contributed by atoms with van der Waals surface area (Å²) in [5.74, 6) is 0.696. The van der Waals surface area contributed by atoms with Gasteiger partial charge in [0.1, 0.15) is 5.75 Å². The van der Waals surface area contributed by atoms with Gasteiger partial charge in [0.2, 0.25) is 5.95 Å². The molecule has 1 fully saturated rings. The predicted octanol–water partition coefficient (Wildman–Crippen LogP) is 3.36. The largest absolute Gasteiger partial charge is 0.507 e. The number of aromatic nitrogens is 4. The number of aryl methyl sites for hydroxylation is 1. The number of benzene rings is 1. The summed E-state index contributed by atoms with van der Waals surface area (Å²) in [4.78, 5) is 11.3. The van der Waals surface area contributed by atoms with E-state index in [0.717, 1.165) is 37.2 Å². The molecule has 1 saturated heterocycles. The molecule has 2 N–H and O–H groups in total. The Hall–Kier alpha value is -2.93. The zero-order valence-corrected chi connectivity index (χ0v) is 15.6. The van der Waals surface area contributed by atoms with Crippen molar-refractivity contribution in [1.82, 2.24) is 24.6 Å². The molecule has 7 heteroatoms. The molecule has 0 unspecified atom stereocenters. The Labute approximate surface area is 158 Å². The second-order valence-electron chi connectivity index (χ2n) is 7.11. The summed E-state index contributed by atoms with van der Waals surface area (Å²) in [5, 5.41) is 17.9. The number of phenolic OH excluding ortho intramolecular Hbond substituents is 1. The van der Waals surface area contributed by atoms with Gasteiger partial charge in [0, 0.05) is 18.0 Å². The second-order valence-corrected chi connectivity index (χ2v) is 7.11. The summed E-state index contributed by atoms with van der Waals surface area (Å²) < 4.78 is 2.04. The van der Waals surface area contributed by atoms with Crippen molar-refractivity contribution in [2.24, 2.45) is 0 Å². The Balaban J connectivity index is 1.54. The van der Waals surface area contributed by atoms with Crippen molar-refractivity contribution in [1.29, 1.82) is 0 Å². The molecule has 1 aliphatic rings. The summed E-state index contributed by atoms with van der Waals surface area (Å²) in [6.07, 6.45) is 7.80. The SMILES string of the molecule is Cc1cnc(Nc2cnn(C3CCN(C)CC3)c2)nc1-c1ccccc1O. The Morgan fingerprint density at radius 2 is 1.93 bits per heavy atom. The fourth-order valence-corrected chi connectivity index (χ4v) is 3.44. The highest BCUT2D eigenvalue weighted by atomic mass is 16.3. The predicted molar refractivity (Wildman–Crippen MR) is 105 cm³/mol. The summed E-state index contributed by atoms with van der Waals surface area (Å²) in [7, 11) is 2.16. The van der Waals surface area contributed by atoms with Crippen LogP contribution in [0.25, 0.3) is 11.3 Å². The van der Waals surface area contributed by atoms with E-state index in [-0.39, 0.29) is 5.75 Å². The molecule has 0 atom stereocenters. The van der Waals surface area contributed by atoms with Crippen molar-refractivity contribution in [2.75, 3.05) is 25.5 Å². The van der Waals surface area contributed by atoms with Crippen LogP contribution in [0.5, 0.6) is 5.75 Å². The average Bonchev–Trinajstić information content (AvgIpc) is 3.13. The molecule has 3 aromatic rings. The van der Waals surface area contributed by atoms with Crippen molar-refractivity contribution >= 4 is 11.6 Å². The molecule has 4 rings (SSSR count). The molecular formula is C20H24N6O. The molecule has 7 nitrogen and oxygen atoms in total. The fourth-order valence-electron chi connectivity index (χ4n) is 3.44. The number of likely N-dealkylation sites (tertiary alicyclic amines) is 1. The Morgan fingerprint density at radius 1 is 1.15 bits per heavy atom. The van der Waals surface area contributed by atoms with Crippen LogP contribution < -0.4 is 5.32 Å². The van der Waals surface area contributed by atoms with Gasteiger partial charge in [-0.15, -0.1) is 0 Å². The molecule has 27 heavy (non-hydrogen) atoms. The van der Waals surface area contributed by atoms with Gasteiger partial charge in [-0.05, 0) is 57.6 Å². The molecule has 0 aliphatic carbocycles. The van der Waals surface area contributed by atoms with Gasteiger partial charge in [0.25, 0.3) is 0 Å². The molecule has 2 aromatic heterocycles. The maximum absolute atomic E-state index is 10.1. The summed E-state index contributed by atoms with van der Waals surface area (Å²) in [6, 6.07) is 7.64. The highest BCUT2D eigenvalue weighted by Gasteiger charge is 2.19. The molecule has 1 aliphatic heterocycles. The van der Waals surface area contributed by atoms with E-state index in [2.05, 4.69) is 32.3 Å². The van der Waals surface area contributed by atoms with Crippen LogP contribution >= 0.6 is 0 Å². The first-order valence-corrected chi connectivity index (χ1v) is 9.22. The van der Waals surface area contributed by atoms with Crippen LogP contribution in [-0.4, -0.2) is 49.9 Å². The van der Waals surface area contributed by atoms with Gasteiger partial charge in [-0.3, -0.25) is 4.68 Å². The van der Waals surface area contributed by atoms with E-state index >= 15 is 0 Å². The summed E-state index contributed by atoms with van der Waals surface area (Å²) >= 11 is 0. The van der Waals surface area contributed by atoms with Gasteiger partial charge in [0.05, 0.1) is 23.6 Å². The van der Waals surface area contributed by atoms with Gasteiger partial charge < -0.3 is 15.3 Å². The third-order valence-corrected chi connectivity index (χ3v) is 5.05. The molecule has 0 bridgehead atoms. The zero-order chi connectivity index (χ0) is 18.8. The van der Waals surface area contributed by atoms with E-state index in [1.54, 1.807) is 24.5 Å². The molecule has 140 valence electrons. The van der Waals surface area contributed by atoms with Crippen molar-refractivity contribution in [2.45, 2.75) is 25.8 Å². The van der Waals surface area contributed by atoms with Gasteiger partial charge in [-0.2, -0.15) is 5.10 Å². The lowest BCUT2D eigenvalue weighted by Gasteiger charge is -2.28. The first-order valence-electron chi connectivity index (χ1n) is 9.22. The number of nitrogens with zero attached hydrogens (tertiary/aromatic N) is 5. The number of para-hydroxylation sites is 1. The second kappa shape index (κ2) is 7.36. The quantitative estimate of drug-likeness (QED) is 0.739. The van der Waals surface area contributed by atoms with Gasteiger partial charge in [-0.25, -0.2) is 9.97 Å². The molecular weight excluding hydrogens is 340 g/mol. The van der Waals surface area contributed by atoms with Crippen molar-refractivity contribution < 1.29 is 5.11 Å². The first kappa shape index (κ1) is 17.5. The molecule has 3 heterocycles. The number of phenols is 1. The van der Waals surface area contributed by atoms with Crippen LogP contribution in [0, 0.1) is 6.92 Å². The third kappa shape index (κ3) is 3.78. The third-order valence-electron chi connectivity index (χ3n) is 5.05. The monoisotopic (exact) mass is 364 g/mol. The molecule has 1 aromatic carbocycles. The average molecular weight is 364 g/mol. The van der Waals surface area contributed by atoms with Crippen molar-refractivity contribution in [3.05, 3.63) is 48.4 Å².